The van der Waals surface area contributed by atoms with Crippen molar-refractivity contribution in [2.45, 2.75) is 19.9 Å². The molecule has 0 fully saturated rings. The van der Waals surface area contributed by atoms with Gasteiger partial charge in [-0.05, 0) is 19.8 Å². The number of carbonyl (C=O) groups excluding carboxylic acids is 1. The van der Waals surface area contributed by atoms with Gasteiger partial charge < -0.3 is 10.4 Å². The number of carboxylic acids is 1. The van der Waals surface area contributed by atoms with Crippen LogP contribution in [-0.4, -0.2) is 23.0 Å². The molecule has 1 amide bonds. The van der Waals surface area contributed by atoms with Crippen molar-refractivity contribution in [1.82, 2.24) is 5.32 Å². The molecule has 2 N–H and O–H groups in total. The SMILES string of the molecule is C#CC(=O)NC(C)C(C)C(=O)O. The maximum absolute atomic E-state index is 10.6. The molecule has 0 aromatic carbocycles. The van der Waals surface area contributed by atoms with Crippen LogP contribution in [0.1, 0.15) is 13.8 Å². The first-order valence-corrected chi connectivity index (χ1v) is 3.49. The molecule has 0 saturated heterocycles. The van der Waals surface area contributed by atoms with Gasteiger partial charge in [-0.1, -0.05) is 0 Å². The number of hydrogen-bond donors (Lipinski definition) is 2. The summed E-state index contributed by atoms with van der Waals surface area (Å²) in [5, 5.41) is 10.9. The first kappa shape index (κ1) is 10.5. The van der Waals surface area contributed by atoms with Crippen LogP contribution >= 0.6 is 0 Å². The van der Waals surface area contributed by atoms with Crippen molar-refractivity contribution in [3.05, 3.63) is 0 Å². The highest BCUT2D eigenvalue weighted by Gasteiger charge is 2.19. The maximum Gasteiger partial charge on any atom is 0.308 e. The molecular formula is C8H11NO3. The third-order valence-corrected chi connectivity index (χ3v) is 1.63. The molecule has 4 nitrogen and oxygen atoms in total. The van der Waals surface area contributed by atoms with Crippen LogP contribution in [0.3, 0.4) is 0 Å². The molecule has 0 rings (SSSR count). The number of nitrogens with one attached hydrogen (secondary N) is 1. The Morgan fingerprint density at radius 2 is 2.00 bits per heavy atom. The van der Waals surface area contributed by atoms with Crippen LogP contribution in [0, 0.1) is 18.3 Å². The summed E-state index contributed by atoms with van der Waals surface area (Å²) in [5.41, 5.74) is 0. The van der Waals surface area contributed by atoms with Crippen molar-refractivity contribution >= 4 is 11.9 Å². The fraction of sp³-hybridized carbons (Fsp3) is 0.500. The number of aliphatic carboxylic acids is 1. The summed E-state index contributed by atoms with van der Waals surface area (Å²) < 4.78 is 0. The highest BCUT2D eigenvalue weighted by molar-refractivity contribution is 5.93. The van der Waals surface area contributed by atoms with Gasteiger partial charge in [-0.3, -0.25) is 9.59 Å². The summed E-state index contributed by atoms with van der Waals surface area (Å²) >= 11 is 0. The topological polar surface area (TPSA) is 66.4 Å². The van der Waals surface area contributed by atoms with E-state index < -0.39 is 23.8 Å². The van der Waals surface area contributed by atoms with Crippen LogP contribution in [0.2, 0.25) is 0 Å². The Morgan fingerprint density at radius 3 is 2.33 bits per heavy atom. The van der Waals surface area contributed by atoms with Crippen molar-refractivity contribution in [3.8, 4) is 12.3 Å². The average Bonchev–Trinajstić information content (AvgIpc) is 2.02. The predicted octanol–water partition coefficient (Wildman–Crippen LogP) is -0.155. The molecule has 2 atom stereocenters. The highest BCUT2D eigenvalue weighted by Crippen LogP contribution is 2.01. The van der Waals surface area contributed by atoms with Crippen LogP contribution in [0.25, 0.3) is 0 Å². The van der Waals surface area contributed by atoms with Gasteiger partial charge in [0.2, 0.25) is 0 Å². The molecule has 0 aliphatic rings. The van der Waals surface area contributed by atoms with Crippen LogP contribution < -0.4 is 5.32 Å². The van der Waals surface area contributed by atoms with Crippen molar-refractivity contribution in [2.24, 2.45) is 5.92 Å². The lowest BCUT2D eigenvalue weighted by Crippen LogP contribution is -2.39. The van der Waals surface area contributed by atoms with Gasteiger partial charge in [0.05, 0.1) is 5.92 Å². The van der Waals surface area contributed by atoms with E-state index in [2.05, 4.69) is 5.32 Å². The van der Waals surface area contributed by atoms with Gasteiger partial charge in [0.15, 0.2) is 0 Å². The fourth-order valence-corrected chi connectivity index (χ4v) is 0.587. The quantitative estimate of drug-likeness (QED) is 0.577. The summed E-state index contributed by atoms with van der Waals surface area (Å²) in [6, 6.07) is -0.453. The van der Waals surface area contributed by atoms with E-state index >= 15 is 0 Å². The summed E-state index contributed by atoms with van der Waals surface area (Å²) in [7, 11) is 0. The van der Waals surface area contributed by atoms with Gasteiger partial charge in [0, 0.05) is 6.04 Å². The first-order chi connectivity index (χ1) is 5.49. The number of rotatable bonds is 3. The van der Waals surface area contributed by atoms with Crippen molar-refractivity contribution in [1.29, 1.82) is 0 Å². The zero-order valence-electron chi connectivity index (χ0n) is 7.00. The van der Waals surface area contributed by atoms with Gasteiger partial charge >= 0.3 is 5.97 Å². The van der Waals surface area contributed by atoms with E-state index in [1.165, 1.54) is 6.92 Å². The van der Waals surface area contributed by atoms with Crippen molar-refractivity contribution in [3.63, 3.8) is 0 Å². The Morgan fingerprint density at radius 1 is 1.50 bits per heavy atom. The van der Waals surface area contributed by atoms with Gasteiger partial charge in [-0.15, -0.1) is 6.42 Å². The van der Waals surface area contributed by atoms with Crippen molar-refractivity contribution in [2.75, 3.05) is 0 Å². The summed E-state index contributed by atoms with van der Waals surface area (Å²) in [5.74, 6) is -0.336. The van der Waals surface area contributed by atoms with E-state index in [9.17, 15) is 9.59 Å². The number of carboxylic acid groups (broad SMARTS) is 1. The minimum Gasteiger partial charge on any atom is -0.481 e. The molecule has 0 aliphatic heterocycles. The average molecular weight is 169 g/mol. The Kier molecular flexibility index (Phi) is 3.84. The maximum atomic E-state index is 10.6. The van der Waals surface area contributed by atoms with E-state index in [0.29, 0.717) is 0 Å². The Bertz CT molecular complexity index is 229. The predicted molar refractivity (Wildman–Crippen MR) is 43.2 cm³/mol. The summed E-state index contributed by atoms with van der Waals surface area (Å²) in [4.78, 5) is 21.0. The first-order valence-electron chi connectivity index (χ1n) is 3.49. The molecule has 0 aromatic rings. The fourth-order valence-electron chi connectivity index (χ4n) is 0.587. The van der Waals surface area contributed by atoms with E-state index in [1.54, 1.807) is 6.92 Å². The van der Waals surface area contributed by atoms with Gasteiger partial charge in [0.1, 0.15) is 0 Å². The highest BCUT2D eigenvalue weighted by atomic mass is 16.4. The molecular weight excluding hydrogens is 158 g/mol. The molecule has 66 valence electrons. The zero-order chi connectivity index (χ0) is 9.72. The molecule has 4 heteroatoms. The third kappa shape index (κ3) is 3.06. The minimum atomic E-state index is -0.958. The number of amides is 1. The standard InChI is InChI=1S/C8H11NO3/c1-4-7(10)9-6(3)5(2)8(11)12/h1,5-6H,2-3H3,(H,9,10)(H,11,12). The summed E-state index contributed by atoms with van der Waals surface area (Å²) in [6.45, 7) is 3.10. The van der Waals surface area contributed by atoms with Crippen LogP contribution in [-0.2, 0) is 9.59 Å². The number of hydrogen-bond acceptors (Lipinski definition) is 2. The smallest absolute Gasteiger partial charge is 0.308 e. The lowest BCUT2D eigenvalue weighted by molar-refractivity contribution is -0.142. The molecule has 0 heterocycles. The molecule has 0 bridgehead atoms. The lowest BCUT2D eigenvalue weighted by Gasteiger charge is -2.15. The van der Waals surface area contributed by atoms with Gasteiger partial charge in [-0.25, -0.2) is 0 Å². The van der Waals surface area contributed by atoms with Crippen LogP contribution in [0.15, 0.2) is 0 Å². The molecule has 12 heavy (non-hydrogen) atoms. The molecule has 0 aromatic heterocycles. The Balaban J connectivity index is 4.05. The van der Waals surface area contributed by atoms with Crippen molar-refractivity contribution < 1.29 is 14.7 Å². The summed E-state index contributed by atoms with van der Waals surface area (Å²) in [6.07, 6.45) is 4.79. The van der Waals surface area contributed by atoms with E-state index in [-0.39, 0.29) is 0 Å². The zero-order valence-corrected chi connectivity index (χ0v) is 7.00. The second-order valence-electron chi connectivity index (χ2n) is 2.53. The van der Waals surface area contributed by atoms with Crippen LogP contribution in [0.4, 0.5) is 0 Å². The molecule has 0 saturated carbocycles. The monoisotopic (exact) mass is 169 g/mol. The largest absolute Gasteiger partial charge is 0.481 e. The second-order valence-corrected chi connectivity index (χ2v) is 2.53. The number of carbonyl (C=O) groups is 2. The van der Waals surface area contributed by atoms with Crippen LogP contribution in [0.5, 0.6) is 0 Å². The molecule has 2 unspecified atom stereocenters. The lowest BCUT2D eigenvalue weighted by atomic mass is 10.0. The molecule has 0 radical (unpaired) electrons. The van der Waals surface area contributed by atoms with E-state index in [4.69, 9.17) is 11.5 Å². The third-order valence-electron chi connectivity index (χ3n) is 1.63. The van der Waals surface area contributed by atoms with E-state index in [1.807, 2.05) is 5.92 Å². The normalized spacial score (nSPS) is 14.1. The second kappa shape index (κ2) is 4.39. The van der Waals surface area contributed by atoms with E-state index in [0.717, 1.165) is 0 Å². The van der Waals surface area contributed by atoms with Gasteiger partial charge in [0.25, 0.3) is 5.91 Å². The minimum absolute atomic E-state index is 0.453. The number of terminal acetylenes is 1. The Hall–Kier alpha value is -1.50. The Labute approximate surface area is 71.0 Å². The molecule has 0 aliphatic carbocycles. The molecule has 0 spiro atoms. The van der Waals surface area contributed by atoms with Gasteiger partial charge in [-0.2, -0.15) is 0 Å².